The molecule has 2 aromatic carbocycles. The Bertz CT molecular complexity index is 1650. The number of fused-ring (bicyclic) bond motifs is 4. The second kappa shape index (κ2) is 7.57. The molecule has 0 atom stereocenters. The lowest BCUT2D eigenvalue weighted by atomic mass is 10.2. The molecular weight excluding hydrogens is 430 g/mol. The third-order valence-corrected chi connectivity index (χ3v) is 6.44. The lowest BCUT2D eigenvalue weighted by Gasteiger charge is -2.10. The number of nitrogens with zero attached hydrogens (tertiary/aromatic N) is 4. The normalized spacial score (nSPS) is 12.3. The van der Waals surface area contributed by atoms with Crippen LogP contribution in [0.2, 0.25) is 0 Å². The molecule has 3 heterocycles. The standard InChI is InChI=1S/C22H21N5O4S/c1-2-3-10-27-17-9-8-14(32(23,29)30)11-16(17)25-19(27)12-26-13-24-20-15-6-4-5-7-18(15)31-21(20)22(26)28/h4-9,11,13H,2-3,10,12H2,1H3,(H2,23,29,30). The van der Waals surface area contributed by atoms with E-state index in [9.17, 15) is 13.2 Å². The van der Waals surface area contributed by atoms with Gasteiger partial charge >= 0.3 is 0 Å². The van der Waals surface area contributed by atoms with Crippen LogP contribution in [0.5, 0.6) is 0 Å². The number of hydrogen-bond acceptors (Lipinski definition) is 6. The van der Waals surface area contributed by atoms with Crippen molar-refractivity contribution in [2.45, 2.75) is 37.8 Å². The van der Waals surface area contributed by atoms with E-state index < -0.39 is 10.0 Å². The van der Waals surface area contributed by atoms with Crippen LogP contribution in [0, 0.1) is 0 Å². The van der Waals surface area contributed by atoms with E-state index in [-0.39, 0.29) is 22.6 Å². The van der Waals surface area contributed by atoms with Crippen molar-refractivity contribution >= 4 is 43.1 Å². The maximum Gasteiger partial charge on any atom is 0.297 e. The van der Waals surface area contributed by atoms with Crippen LogP contribution in [-0.2, 0) is 23.1 Å². The molecule has 32 heavy (non-hydrogen) atoms. The number of sulfonamides is 1. The van der Waals surface area contributed by atoms with Crippen molar-refractivity contribution < 1.29 is 12.8 Å². The van der Waals surface area contributed by atoms with Crippen LogP contribution in [0.4, 0.5) is 0 Å². The fourth-order valence-electron chi connectivity index (χ4n) is 3.90. The summed E-state index contributed by atoms with van der Waals surface area (Å²) in [7, 11) is -3.84. The molecule has 0 saturated carbocycles. The zero-order valence-corrected chi connectivity index (χ0v) is 18.2. The lowest BCUT2D eigenvalue weighted by Crippen LogP contribution is -2.22. The molecule has 0 amide bonds. The predicted molar refractivity (Wildman–Crippen MR) is 121 cm³/mol. The van der Waals surface area contributed by atoms with Crippen LogP contribution in [0.1, 0.15) is 25.6 Å². The second-order valence-electron chi connectivity index (χ2n) is 7.68. The van der Waals surface area contributed by atoms with E-state index in [0.29, 0.717) is 29.0 Å². The largest absolute Gasteiger partial charge is 0.448 e. The summed E-state index contributed by atoms with van der Waals surface area (Å²) in [5, 5.41) is 6.06. The van der Waals surface area contributed by atoms with Gasteiger partial charge in [0.15, 0.2) is 0 Å². The van der Waals surface area contributed by atoms with E-state index in [4.69, 9.17) is 9.56 Å². The summed E-state index contributed by atoms with van der Waals surface area (Å²) in [6.45, 7) is 2.94. The van der Waals surface area contributed by atoms with Crippen molar-refractivity contribution in [2.75, 3.05) is 0 Å². The molecule has 0 radical (unpaired) electrons. The van der Waals surface area contributed by atoms with Gasteiger partial charge in [-0.2, -0.15) is 0 Å². The number of hydrogen-bond donors (Lipinski definition) is 1. The van der Waals surface area contributed by atoms with Crippen molar-refractivity contribution in [1.82, 2.24) is 19.1 Å². The molecule has 0 saturated heterocycles. The summed E-state index contributed by atoms with van der Waals surface area (Å²) in [6, 6.07) is 12.0. The van der Waals surface area contributed by atoms with E-state index in [2.05, 4.69) is 16.9 Å². The van der Waals surface area contributed by atoms with Gasteiger partial charge in [-0.25, -0.2) is 23.5 Å². The highest BCUT2D eigenvalue weighted by Crippen LogP contribution is 2.25. The van der Waals surface area contributed by atoms with Gasteiger partial charge in [-0.15, -0.1) is 0 Å². The summed E-state index contributed by atoms with van der Waals surface area (Å²) in [6.07, 6.45) is 3.37. The minimum atomic E-state index is -3.84. The highest BCUT2D eigenvalue weighted by Gasteiger charge is 2.18. The fraction of sp³-hybridized carbons (Fsp3) is 0.227. The van der Waals surface area contributed by atoms with Crippen molar-refractivity contribution in [3.05, 3.63) is 65.0 Å². The fourth-order valence-corrected chi connectivity index (χ4v) is 4.44. The minimum Gasteiger partial charge on any atom is -0.448 e. The summed E-state index contributed by atoms with van der Waals surface area (Å²) in [4.78, 5) is 22.2. The number of aromatic nitrogens is 4. The van der Waals surface area contributed by atoms with E-state index in [0.717, 1.165) is 23.7 Å². The van der Waals surface area contributed by atoms with Gasteiger partial charge in [0, 0.05) is 11.9 Å². The molecule has 0 aliphatic rings. The maximum atomic E-state index is 13.1. The number of furan rings is 1. The molecule has 5 aromatic rings. The van der Waals surface area contributed by atoms with E-state index in [1.54, 1.807) is 12.1 Å². The van der Waals surface area contributed by atoms with Gasteiger partial charge in [-0.1, -0.05) is 25.5 Å². The first-order valence-corrected chi connectivity index (χ1v) is 11.8. The van der Waals surface area contributed by atoms with Crippen molar-refractivity contribution in [1.29, 1.82) is 0 Å². The summed E-state index contributed by atoms with van der Waals surface area (Å²) in [5.41, 5.74) is 2.32. The number of aryl methyl sites for hydroxylation is 1. The molecule has 2 N–H and O–H groups in total. The topological polar surface area (TPSA) is 126 Å². The Labute approximate surface area is 183 Å². The van der Waals surface area contributed by atoms with E-state index in [1.165, 1.54) is 23.0 Å². The van der Waals surface area contributed by atoms with Crippen LogP contribution in [-0.4, -0.2) is 27.5 Å². The van der Waals surface area contributed by atoms with E-state index in [1.807, 2.05) is 22.8 Å². The number of primary sulfonamides is 1. The van der Waals surface area contributed by atoms with Crippen molar-refractivity contribution in [3.63, 3.8) is 0 Å². The Balaban J connectivity index is 1.63. The Hall–Kier alpha value is -3.50. The molecule has 0 bridgehead atoms. The van der Waals surface area contributed by atoms with Gasteiger partial charge in [-0.05, 0) is 36.8 Å². The number of para-hydroxylation sites is 1. The van der Waals surface area contributed by atoms with Gasteiger partial charge < -0.3 is 8.98 Å². The zero-order valence-electron chi connectivity index (χ0n) is 17.4. The average Bonchev–Trinajstić information content (AvgIpc) is 3.31. The molecule has 5 rings (SSSR count). The first-order chi connectivity index (χ1) is 15.4. The Morgan fingerprint density at radius 3 is 2.75 bits per heavy atom. The molecule has 0 fully saturated rings. The SMILES string of the molecule is CCCCn1c(Cn2cnc3c(oc4ccccc43)c2=O)nc2cc(S(N)(=O)=O)ccc21. The van der Waals surface area contributed by atoms with Gasteiger partial charge in [0.25, 0.3) is 5.56 Å². The third-order valence-electron chi connectivity index (χ3n) is 5.52. The smallest absolute Gasteiger partial charge is 0.297 e. The Morgan fingerprint density at radius 1 is 1.16 bits per heavy atom. The highest BCUT2D eigenvalue weighted by atomic mass is 32.2. The summed E-state index contributed by atoms with van der Waals surface area (Å²) < 4.78 is 32.7. The maximum absolute atomic E-state index is 13.1. The molecule has 3 aromatic heterocycles. The van der Waals surface area contributed by atoms with Crippen molar-refractivity contribution in [3.8, 4) is 0 Å². The van der Waals surface area contributed by atoms with Crippen LogP contribution >= 0.6 is 0 Å². The van der Waals surface area contributed by atoms with Gasteiger partial charge in [0.2, 0.25) is 15.6 Å². The third kappa shape index (κ3) is 3.37. The van der Waals surface area contributed by atoms with Gasteiger partial charge in [-0.3, -0.25) is 9.36 Å². The number of unbranched alkanes of at least 4 members (excludes halogenated alkanes) is 1. The quantitative estimate of drug-likeness (QED) is 0.423. The number of rotatable bonds is 6. The van der Waals surface area contributed by atoms with Crippen LogP contribution in [0.3, 0.4) is 0 Å². The summed E-state index contributed by atoms with van der Waals surface area (Å²) in [5.74, 6) is 0.624. The van der Waals surface area contributed by atoms with Crippen LogP contribution in [0.15, 0.2) is 62.9 Å². The second-order valence-corrected chi connectivity index (χ2v) is 9.24. The van der Waals surface area contributed by atoms with E-state index >= 15 is 0 Å². The Kier molecular flexibility index (Phi) is 4.83. The molecule has 0 spiro atoms. The summed E-state index contributed by atoms with van der Waals surface area (Å²) >= 11 is 0. The number of nitrogens with two attached hydrogens (primary N) is 1. The molecule has 0 aliphatic carbocycles. The lowest BCUT2D eigenvalue weighted by molar-refractivity contribution is 0.585. The first-order valence-electron chi connectivity index (χ1n) is 10.3. The monoisotopic (exact) mass is 451 g/mol. The average molecular weight is 452 g/mol. The minimum absolute atomic E-state index is 0.000722. The first kappa shape index (κ1) is 20.4. The number of benzene rings is 2. The predicted octanol–water partition coefficient (Wildman–Crippen LogP) is 2.99. The van der Waals surface area contributed by atoms with Crippen LogP contribution in [0.25, 0.3) is 33.1 Å². The molecule has 9 nitrogen and oxygen atoms in total. The molecule has 0 unspecified atom stereocenters. The highest BCUT2D eigenvalue weighted by molar-refractivity contribution is 7.89. The molecule has 164 valence electrons. The number of imidazole rings is 1. The molecular formula is C22H21N5O4S. The zero-order chi connectivity index (χ0) is 22.5. The van der Waals surface area contributed by atoms with Gasteiger partial charge in [0.05, 0.1) is 28.8 Å². The van der Waals surface area contributed by atoms with Crippen molar-refractivity contribution in [2.24, 2.45) is 5.14 Å². The Morgan fingerprint density at radius 2 is 1.97 bits per heavy atom. The molecule has 10 heteroatoms. The van der Waals surface area contributed by atoms with Gasteiger partial charge in [0.1, 0.15) is 16.9 Å². The molecule has 0 aliphatic heterocycles. The van der Waals surface area contributed by atoms with Crippen LogP contribution < -0.4 is 10.7 Å².